The first-order chi connectivity index (χ1) is 14.2. The minimum atomic E-state index is -0.675. The Balaban J connectivity index is 1.84. The maximum Gasteiger partial charge on any atom is 0.333 e. The number of barbiturate groups is 1. The second-order valence-electron chi connectivity index (χ2n) is 6.52. The molecule has 9 heteroatoms. The number of imide groups is 2. The van der Waals surface area contributed by atoms with Crippen molar-refractivity contribution < 1.29 is 23.9 Å². The first-order valence-corrected chi connectivity index (χ1v) is 9.55. The lowest BCUT2D eigenvalue weighted by atomic mass is 10.1. The molecule has 0 N–H and O–H groups in total. The minimum absolute atomic E-state index is 0.119. The molecule has 1 aliphatic rings. The van der Waals surface area contributed by atoms with Gasteiger partial charge in [-0.05, 0) is 41.5 Å². The van der Waals surface area contributed by atoms with Gasteiger partial charge < -0.3 is 9.47 Å². The second-order valence-corrected chi connectivity index (χ2v) is 7.33. The lowest BCUT2D eigenvalue weighted by Gasteiger charge is -2.28. The number of ether oxygens (including phenoxy) is 2. The summed E-state index contributed by atoms with van der Waals surface area (Å²) in [6.45, 7) is 0.238. The quantitative estimate of drug-likeness (QED) is 0.509. The molecule has 0 unspecified atom stereocenters. The van der Waals surface area contributed by atoms with Crippen molar-refractivity contribution in [2.75, 3.05) is 21.2 Å². The minimum Gasteiger partial charge on any atom is -0.493 e. The molecule has 7 nitrogen and oxygen atoms in total. The zero-order valence-electron chi connectivity index (χ0n) is 16.4. The fraction of sp³-hybridized carbons (Fsp3) is 0.190. The van der Waals surface area contributed by atoms with Gasteiger partial charge in [-0.1, -0.05) is 35.3 Å². The maximum atomic E-state index is 12.3. The van der Waals surface area contributed by atoms with Crippen LogP contribution in [0.15, 0.2) is 42.0 Å². The number of hydrogen-bond acceptors (Lipinski definition) is 5. The smallest absolute Gasteiger partial charge is 0.333 e. The molecule has 0 atom stereocenters. The SMILES string of the molecule is COc1cc(C=C2C(=O)N(C)C(=O)N(C)C2=O)ccc1OCc1ccc(Cl)c(Cl)c1. The molecule has 2 aromatic rings. The first kappa shape index (κ1) is 21.7. The highest BCUT2D eigenvalue weighted by Crippen LogP contribution is 2.31. The molecule has 0 aliphatic carbocycles. The maximum absolute atomic E-state index is 12.3. The Kier molecular flexibility index (Phi) is 6.34. The van der Waals surface area contributed by atoms with Crippen molar-refractivity contribution in [2.24, 2.45) is 0 Å². The monoisotopic (exact) mass is 448 g/mol. The highest BCUT2D eigenvalue weighted by atomic mass is 35.5. The fourth-order valence-electron chi connectivity index (χ4n) is 2.83. The number of amides is 4. The van der Waals surface area contributed by atoms with Gasteiger partial charge in [-0.3, -0.25) is 19.4 Å². The lowest BCUT2D eigenvalue weighted by Crippen LogP contribution is -2.52. The molecule has 1 heterocycles. The van der Waals surface area contributed by atoms with Crippen LogP contribution in [0, 0.1) is 0 Å². The van der Waals surface area contributed by atoms with Crippen molar-refractivity contribution in [3.05, 3.63) is 63.1 Å². The summed E-state index contributed by atoms with van der Waals surface area (Å²) in [5.74, 6) is -0.446. The molecule has 0 radical (unpaired) electrons. The predicted octanol–water partition coefficient (Wildman–Crippen LogP) is 4.01. The van der Waals surface area contributed by atoms with Crippen LogP contribution in [-0.4, -0.2) is 48.9 Å². The van der Waals surface area contributed by atoms with Gasteiger partial charge in [0, 0.05) is 14.1 Å². The highest BCUT2D eigenvalue weighted by molar-refractivity contribution is 6.42. The molecule has 0 aromatic heterocycles. The first-order valence-electron chi connectivity index (χ1n) is 8.79. The number of likely N-dealkylation sites (N-methyl/N-ethyl adjacent to an activating group) is 2. The third-order valence-electron chi connectivity index (χ3n) is 4.52. The molecule has 4 amide bonds. The van der Waals surface area contributed by atoms with E-state index >= 15 is 0 Å². The molecule has 1 aliphatic heterocycles. The van der Waals surface area contributed by atoms with Gasteiger partial charge >= 0.3 is 6.03 Å². The van der Waals surface area contributed by atoms with E-state index in [1.54, 1.807) is 36.4 Å². The van der Waals surface area contributed by atoms with E-state index in [4.69, 9.17) is 32.7 Å². The molecule has 1 fully saturated rings. The summed E-state index contributed by atoms with van der Waals surface area (Å²) in [4.78, 5) is 38.3. The number of carbonyl (C=O) groups excluding carboxylic acids is 3. The van der Waals surface area contributed by atoms with Gasteiger partial charge in [-0.2, -0.15) is 0 Å². The topological polar surface area (TPSA) is 76.2 Å². The van der Waals surface area contributed by atoms with Crippen molar-refractivity contribution in [2.45, 2.75) is 6.61 Å². The Morgan fingerprint density at radius 1 is 0.900 bits per heavy atom. The average molecular weight is 449 g/mol. The molecule has 3 rings (SSSR count). The average Bonchev–Trinajstić information content (AvgIpc) is 2.75. The number of benzene rings is 2. The van der Waals surface area contributed by atoms with E-state index < -0.39 is 17.8 Å². The van der Waals surface area contributed by atoms with Crippen LogP contribution in [0.25, 0.3) is 6.08 Å². The summed E-state index contributed by atoms with van der Waals surface area (Å²) in [5.41, 5.74) is 1.25. The van der Waals surface area contributed by atoms with Crippen LogP contribution in [0.1, 0.15) is 11.1 Å². The van der Waals surface area contributed by atoms with Crippen LogP contribution >= 0.6 is 23.2 Å². The molecule has 2 aromatic carbocycles. The van der Waals surface area contributed by atoms with Crippen LogP contribution in [0.4, 0.5) is 4.79 Å². The summed E-state index contributed by atoms with van der Waals surface area (Å²) in [6.07, 6.45) is 1.41. The van der Waals surface area contributed by atoms with E-state index in [9.17, 15) is 14.4 Å². The summed E-state index contributed by atoms with van der Waals surface area (Å²) >= 11 is 11.9. The summed E-state index contributed by atoms with van der Waals surface area (Å²) < 4.78 is 11.2. The van der Waals surface area contributed by atoms with Crippen molar-refractivity contribution in [1.82, 2.24) is 9.80 Å². The van der Waals surface area contributed by atoms with E-state index in [0.29, 0.717) is 27.1 Å². The normalized spacial score (nSPS) is 14.3. The van der Waals surface area contributed by atoms with Crippen molar-refractivity contribution in [3.8, 4) is 11.5 Å². The number of carbonyl (C=O) groups is 3. The molecule has 0 spiro atoms. The summed E-state index contributed by atoms with van der Waals surface area (Å²) in [5, 5.41) is 0.891. The summed E-state index contributed by atoms with van der Waals surface area (Å²) in [6, 6.07) is 9.50. The fourth-order valence-corrected chi connectivity index (χ4v) is 3.15. The second kappa shape index (κ2) is 8.77. The molecule has 30 heavy (non-hydrogen) atoms. The van der Waals surface area contributed by atoms with Crippen LogP contribution in [0.3, 0.4) is 0 Å². The Bertz CT molecular complexity index is 1040. The largest absolute Gasteiger partial charge is 0.493 e. The number of halogens is 2. The van der Waals surface area contributed by atoms with Gasteiger partial charge in [0.25, 0.3) is 11.8 Å². The number of nitrogens with zero attached hydrogens (tertiary/aromatic N) is 2. The van der Waals surface area contributed by atoms with Gasteiger partial charge in [-0.15, -0.1) is 0 Å². The molecular weight excluding hydrogens is 431 g/mol. The molecule has 1 saturated heterocycles. The Morgan fingerprint density at radius 2 is 1.57 bits per heavy atom. The molecule has 156 valence electrons. The molecule has 0 saturated carbocycles. The van der Waals surface area contributed by atoms with E-state index in [0.717, 1.165) is 15.4 Å². The van der Waals surface area contributed by atoms with Crippen molar-refractivity contribution in [3.63, 3.8) is 0 Å². The Hall–Kier alpha value is -3.03. The third kappa shape index (κ3) is 4.27. The van der Waals surface area contributed by atoms with Gasteiger partial charge in [0.1, 0.15) is 12.2 Å². The number of urea groups is 1. The van der Waals surface area contributed by atoms with Crippen LogP contribution in [0.2, 0.25) is 10.0 Å². The summed E-state index contributed by atoms with van der Waals surface area (Å²) in [7, 11) is 4.12. The van der Waals surface area contributed by atoms with Crippen molar-refractivity contribution in [1.29, 1.82) is 0 Å². The van der Waals surface area contributed by atoms with E-state index in [1.165, 1.54) is 27.3 Å². The molecular formula is C21H18Cl2N2O5. The van der Waals surface area contributed by atoms with Gasteiger partial charge in [-0.25, -0.2) is 4.79 Å². The number of hydrogen-bond donors (Lipinski definition) is 0. The predicted molar refractivity (Wildman–Crippen MR) is 113 cm³/mol. The number of methoxy groups -OCH3 is 1. The van der Waals surface area contributed by atoms with Crippen LogP contribution in [0.5, 0.6) is 11.5 Å². The van der Waals surface area contributed by atoms with Gasteiger partial charge in [0.2, 0.25) is 0 Å². The molecule has 0 bridgehead atoms. The van der Waals surface area contributed by atoms with Crippen LogP contribution < -0.4 is 9.47 Å². The highest BCUT2D eigenvalue weighted by Gasteiger charge is 2.37. The van der Waals surface area contributed by atoms with E-state index in [1.807, 2.05) is 0 Å². The Morgan fingerprint density at radius 3 is 2.17 bits per heavy atom. The third-order valence-corrected chi connectivity index (χ3v) is 5.26. The van der Waals surface area contributed by atoms with Gasteiger partial charge in [0.05, 0.1) is 17.2 Å². The van der Waals surface area contributed by atoms with Crippen LogP contribution in [-0.2, 0) is 16.2 Å². The number of rotatable bonds is 5. The Labute approximate surface area is 183 Å². The van der Waals surface area contributed by atoms with Gasteiger partial charge in [0.15, 0.2) is 11.5 Å². The van der Waals surface area contributed by atoms with Crippen molar-refractivity contribution >= 4 is 47.1 Å². The van der Waals surface area contributed by atoms with E-state index in [2.05, 4.69) is 0 Å². The van der Waals surface area contributed by atoms with E-state index in [-0.39, 0.29) is 12.2 Å². The zero-order chi connectivity index (χ0) is 22.0. The lowest BCUT2D eigenvalue weighted by molar-refractivity contribution is -0.134. The standard InChI is InChI=1S/C21H18Cl2N2O5/c1-24-19(26)14(20(27)25(2)21(24)28)8-12-5-7-17(18(10-12)29-3)30-11-13-4-6-15(22)16(23)9-13/h4-10H,11H2,1-3H3. The zero-order valence-corrected chi connectivity index (χ0v) is 18.0.